The quantitative estimate of drug-likeness (QED) is 0.683. The Labute approximate surface area is 168 Å². The maximum absolute atomic E-state index is 14.6. The van der Waals surface area contributed by atoms with Crippen molar-refractivity contribution in [1.82, 2.24) is 4.90 Å². The van der Waals surface area contributed by atoms with Crippen LogP contribution in [0, 0.1) is 11.2 Å². The lowest BCUT2D eigenvalue weighted by molar-refractivity contribution is 0.0220. The number of halogens is 2. The highest BCUT2D eigenvalue weighted by molar-refractivity contribution is 9.10. The summed E-state index contributed by atoms with van der Waals surface area (Å²) in [6.07, 6.45) is 2.30. The van der Waals surface area contributed by atoms with Gasteiger partial charge in [-0.25, -0.2) is 17.6 Å². The lowest BCUT2D eigenvalue weighted by atomic mass is 9.97. The zero-order valence-corrected chi connectivity index (χ0v) is 18.4. The molecule has 150 valence electrons. The van der Waals surface area contributed by atoms with Gasteiger partial charge in [-0.2, -0.15) is 0 Å². The van der Waals surface area contributed by atoms with Gasteiger partial charge in [-0.1, -0.05) is 12.1 Å². The summed E-state index contributed by atoms with van der Waals surface area (Å²) in [5, 5.41) is -0.712. The fraction of sp³-hybridized carbons (Fsp3) is 0.632. The van der Waals surface area contributed by atoms with Gasteiger partial charge in [-0.15, -0.1) is 0 Å². The first-order chi connectivity index (χ1) is 12.3. The fourth-order valence-corrected chi connectivity index (χ4v) is 6.57. The molecule has 5 nitrogen and oxygen atoms in total. The van der Waals surface area contributed by atoms with Crippen molar-refractivity contribution in [3.63, 3.8) is 0 Å². The van der Waals surface area contributed by atoms with E-state index in [4.69, 9.17) is 4.74 Å². The molecular formula is C19H25BrFNO4S. The summed E-state index contributed by atoms with van der Waals surface area (Å²) >= 11 is 3.17. The molecule has 1 aromatic rings. The Balaban J connectivity index is 1.99. The Bertz CT molecular complexity index is 861. The van der Waals surface area contributed by atoms with E-state index in [0.29, 0.717) is 16.6 Å². The van der Waals surface area contributed by atoms with Gasteiger partial charge >= 0.3 is 6.09 Å². The fourth-order valence-electron chi connectivity index (χ4n) is 4.13. The Morgan fingerprint density at radius 3 is 2.52 bits per heavy atom. The van der Waals surface area contributed by atoms with E-state index < -0.39 is 44.1 Å². The third kappa shape index (κ3) is 4.16. The van der Waals surface area contributed by atoms with Crippen LogP contribution in [0.25, 0.3) is 0 Å². The summed E-state index contributed by atoms with van der Waals surface area (Å²) < 4.78 is 45.6. The molecule has 1 spiro atoms. The number of hydrogen-bond donors (Lipinski definition) is 0. The molecule has 2 fully saturated rings. The Kier molecular flexibility index (Phi) is 5.13. The van der Waals surface area contributed by atoms with E-state index in [1.54, 1.807) is 39.0 Å². The summed E-state index contributed by atoms with van der Waals surface area (Å²) in [4.78, 5) is 14.3. The van der Waals surface area contributed by atoms with Crippen LogP contribution in [0.15, 0.2) is 22.7 Å². The molecule has 27 heavy (non-hydrogen) atoms. The van der Waals surface area contributed by atoms with E-state index in [1.807, 2.05) is 0 Å². The van der Waals surface area contributed by atoms with E-state index >= 15 is 0 Å². The number of likely N-dealkylation sites (tertiary alicyclic amines) is 1. The molecule has 1 amide bonds. The SMILES string of the molecule is CC(C)(C)OC(=O)N1CC2(CC2)C(S(C)(=O)=O)C1Cc1cccc(Br)c1F. The van der Waals surface area contributed by atoms with Crippen molar-refractivity contribution in [2.45, 2.75) is 56.9 Å². The minimum atomic E-state index is -3.43. The molecule has 2 unspecified atom stereocenters. The average molecular weight is 462 g/mol. The number of nitrogens with zero attached hydrogens (tertiary/aromatic N) is 1. The van der Waals surface area contributed by atoms with Gasteiger partial charge in [0, 0.05) is 18.2 Å². The number of carbonyl (C=O) groups is 1. The molecule has 0 radical (unpaired) electrons. The molecule has 2 atom stereocenters. The molecule has 1 saturated carbocycles. The number of benzene rings is 1. The van der Waals surface area contributed by atoms with Crippen molar-refractivity contribution in [2.24, 2.45) is 5.41 Å². The second-order valence-corrected chi connectivity index (χ2v) is 11.7. The molecule has 0 N–H and O–H groups in total. The molecule has 1 aromatic carbocycles. The van der Waals surface area contributed by atoms with Crippen LogP contribution in [0.4, 0.5) is 9.18 Å². The van der Waals surface area contributed by atoms with E-state index in [9.17, 15) is 17.6 Å². The second-order valence-electron chi connectivity index (χ2n) is 8.71. The molecule has 2 aliphatic rings. The molecule has 1 aliphatic heterocycles. The average Bonchev–Trinajstić information content (AvgIpc) is 3.16. The highest BCUT2D eigenvalue weighted by Gasteiger charge is 2.64. The van der Waals surface area contributed by atoms with Crippen LogP contribution in [0.2, 0.25) is 0 Å². The van der Waals surface area contributed by atoms with E-state index in [0.717, 1.165) is 12.8 Å². The van der Waals surface area contributed by atoms with Gasteiger partial charge in [0.15, 0.2) is 9.84 Å². The number of ether oxygens (including phenoxy) is 1. The normalized spacial score (nSPS) is 24.3. The van der Waals surface area contributed by atoms with Crippen LogP contribution in [0.5, 0.6) is 0 Å². The summed E-state index contributed by atoms with van der Waals surface area (Å²) in [5.74, 6) is -0.425. The number of rotatable bonds is 3. The van der Waals surface area contributed by atoms with Crippen molar-refractivity contribution < 1.29 is 22.3 Å². The predicted octanol–water partition coefficient (Wildman–Crippen LogP) is 3.94. The predicted molar refractivity (Wildman–Crippen MR) is 105 cm³/mol. The van der Waals surface area contributed by atoms with Crippen molar-refractivity contribution in [1.29, 1.82) is 0 Å². The van der Waals surface area contributed by atoms with Gasteiger partial charge in [-0.05, 0) is 67.6 Å². The topological polar surface area (TPSA) is 63.7 Å². The van der Waals surface area contributed by atoms with E-state index in [-0.39, 0.29) is 6.42 Å². The van der Waals surface area contributed by atoms with Crippen molar-refractivity contribution in [3.05, 3.63) is 34.1 Å². The molecular weight excluding hydrogens is 437 g/mol. The van der Waals surface area contributed by atoms with Gasteiger partial charge in [0.1, 0.15) is 11.4 Å². The third-order valence-electron chi connectivity index (χ3n) is 5.28. The van der Waals surface area contributed by atoms with Gasteiger partial charge in [0.2, 0.25) is 0 Å². The molecule has 1 saturated heterocycles. The lowest BCUT2D eigenvalue weighted by Gasteiger charge is -2.30. The van der Waals surface area contributed by atoms with Crippen molar-refractivity contribution >= 4 is 31.9 Å². The molecule has 0 aromatic heterocycles. The van der Waals surface area contributed by atoms with Crippen LogP contribution < -0.4 is 0 Å². The molecule has 1 heterocycles. The Morgan fingerprint density at radius 2 is 2.00 bits per heavy atom. The summed E-state index contributed by atoms with van der Waals surface area (Å²) in [7, 11) is -3.43. The maximum Gasteiger partial charge on any atom is 0.410 e. The standard InChI is InChI=1S/C19H25BrFNO4S/c1-18(2,3)26-17(23)22-11-19(8-9-19)16(27(4,24)25)14(22)10-12-6-5-7-13(20)15(12)21/h5-7,14,16H,8-11H2,1-4H3. The maximum atomic E-state index is 14.6. The number of hydrogen-bond acceptors (Lipinski definition) is 4. The zero-order chi connectivity index (χ0) is 20.2. The van der Waals surface area contributed by atoms with Crippen LogP contribution in [0.1, 0.15) is 39.2 Å². The number of carbonyl (C=O) groups excluding carboxylic acids is 1. The van der Waals surface area contributed by atoms with E-state index in [2.05, 4.69) is 15.9 Å². The highest BCUT2D eigenvalue weighted by atomic mass is 79.9. The first-order valence-electron chi connectivity index (χ1n) is 8.95. The Hall–Kier alpha value is -1.15. The summed E-state index contributed by atoms with van der Waals surface area (Å²) in [6, 6.07) is 4.28. The van der Waals surface area contributed by atoms with Crippen molar-refractivity contribution in [3.8, 4) is 0 Å². The van der Waals surface area contributed by atoms with Crippen LogP contribution >= 0.6 is 15.9 Å². The second kappa shape index (κ2) is 6.72. The van der Waals surface area contributed by atoms with Crippen molar-refractivity contribution in [2.75, 3.05) is 12.8 Å². The summed E-state index contributed by atoms with van der Waals surface area (Å²) in [5.41, 5.74) is -0.741. The first-order valence-corrected chi connectivity index (χ1v) is 11.7. The minimum absolute atomic E-state index is 0.129. The first kappa shape index (κ1) is 20.6. The van der Waals surface area contributed by atoms with E-state index in [1.165, 1.54) is 11.2 Å². The molecule has 0 bridgehead atoms. The smallest absolute Gasteiger partial charge is 0.410 e. The molecule has 1 aliphatic carbocycles. The van der Waals surface area contributed by atoms with Crippen LogP contribution in [-0.4, -0.2) is 49.1 Å². The monoisotopic (exact) mass is 461 g/mol. The highest BCUT2D eigenvalue weighted by Crippen LogP contribution is 2.58. The largest absolute Gasteiger partial charge is 0.444 e. The minimum Gasteiger partial charge on any atom is -0.444 e. The van der Waals surface area contributed by atoms with Crippen LogP contribution in [-0.2, 0) is 21.0 Å². The lowest BCUT2D eigenvalue weighted by Crippen LogP contribution is -2.46. The van der Waals surface area contributed by atoms with Gasteiger partial charge in [0.25, 0.3) is 0 Å². The zero-order valence-electron chi connectivity index (χ0n) is 16.0. The summed E-state index contributed by atoms with van der Waals surface area (Å²) in [6.45, 7) is 5.64. The third-order valence-corrected chi connectivity index (χ3v) is 7.63. The Morgan fingerprint density at radius 1 is 1.37 bits per heavy atom. The molecule has 8 heteroatoms. The van der Waals surface area contributed by atoms with Gasteiger partial charge in [0.05, 0.1) is 15.8 Å². The van der Waals surface area contributed by atoms with Crippen LogP contribution in [0.3, 0.4) is 0 Å². The van der Waals surface area contributed by atoms with Gasteiger partial charge < -0.3 is 9.64 Å². The molecule has 3 rings (SSSR count). The van der Waals surface area contributed by atoms with Gasteiger partial charge in [-0.3, -0.25) is 0 Å². The number of sulfone groups is 1. The number of amides is 1.